The minimum absolute atomic E-state index is 0.0233. The zero-order chi connectivity index (χ0) is 37.8. The third kappa shape index (κ3) is 2.87. The van der Waals surface area contributed by atoms with E-state index in [9.17, 15) is 25.9 Å². The van der Waals surface area contributed by atoms with Gasteiger partial charge >= 0.3 is 0 Å². The highest BCUT2D eigenvalue weighted by atomic mass is 16.5. The molecule has 1 aromatic heterocycles. The normalized spacial score (nSPS) is 45.0. The fraction of sp³-hybridized carbons (Fsp3) is 0.600. The number of nitrogens with one attached hydrogen (secondary N) is 1. The number of hydrogen-bond donors (Lipinski definition) is 5. The Kier molecular flexibility index (Phi) is 3.81. The third-order valence-electron chi connectivity index (χ3n) is 14.7. The largest absolute Gasteiger partial charge is 0.504 e. The molecule has 0 amide bonds. The molecular weight excluding hydrogens is 618 g/mol. The number of phenolic OH excluding ortho intramolecular Hbond substituents is 2. The summed E-state index contributed by atoms with van der Waals surface area (Å²) in [6.07, 6.45) is 1.74. The Morgan fingerprint density at radius 3 is 1.61 bits per heavy atom. The van der Waals surface area contributed by atoms with Gasteiger partial charge < -0.3 is 34.9 Å². The van der Waals surface area contributed by atoms with E-state index in [-0.39, 0.29) is 24.3 Å². The molecule has 4 fully saturated rings. The molecule has 10 aliphatic rings. The zero-order valence-corrected chi connectivity index (χ0v) is 27.1. The summed E-state index contributed by atoms with van der Waals surface area (Å²) in [5, 5.41) is 49.8. The number of aromatic amines is 1. The first kappa shape index (κ1) is 22.6. The van der Waals surface area contributed by atoms with Crippen molar-refractivity contribution in [3.05, 3.63) is 69.0 Å². The number of piperidine rings is 2. The van der Waals surface area contributed by atoms with Crippen LogP contribution in [-0.4, -0.2) is 84.6 Å². The predicted molar refractivity (Wildman–Crippen MR) is 177 cm³/mol. The molecule has 2 saturated carbocycles. The molecular formula is C40H43N3O6. The Bertz CT molecular complexity index is 2190. The molecule has 9 nitrogen and oxygen atoms in total. The maximum Gasteiger partial charge on any atom is 0.166 e. The lowest BCUT2D eigenvalue weighted by atomic mass is 9.47. The van der Waals surface area contributed by atoms with Crippen LogP contribution in [0.2, 0.25) is 0 Å². The van der Waals surface area contributed by atoms with Crippen molar-refractivity contribution in [2.45, 2.75) is 111 Å². The molecule has 3 aromatic rings. The van der Waals surface area contributed by atoms with Crippen LogP contribution in [0.5, 0.6) is 23.0 Å². The van der Waals surface area contributed by atoms with E-state index in [1.807, 2.05) is 12.1 Å². The first-order valence-corrected chi connectivity index (χ1v) is 18.2. The molecule has 49 heavy (non-hydrogen) atoms. The van der Waals surface area contributed by atoms with Gasteiger partial charge in [-0.1, -0.05) is 12.1 Å². The molecule has 0 unspecified atom stereocenters. The van der Waals surface area contributed by atoms with Gasteiger partial charge in [0.15, 0.2) is 35.2 Å². The first-order chi connectivity index (χ1) is 26.0. The first-order valence-electron chi connectivity index (χ1n) is 21.2. The number of phenols is 2. The number of H-pyrrole nitrogens is 1. The highest BCUT2D eigenvalue weighted by Crippen LogP contribution is 2.72. The lowest BCUT2D eigenvalue weighted by Gasteiger charge is -2.63. The predicted octanol–water partition coefficient (Wildman–Crippen LogP) is 3.82. The number of hydrogen-bond acceptors (Lipinski definition) is 8. The van der Waals surface area contributed by atoms with E-state index in [4.69, 9.17) is 12.2 Å². The quantitative estimate of drug-likeness (QED) is 0.285. The number of aromatic nitrogens is 1. The Balaban J connectivity index is 1.03. The molecule has 2 saturated heterocycles. The second-order valence-electron chi connectivity index (χ2n) is 16.7. The van der Waals surface area contributed by atoms with Gasteiger partial charge in [-0.05, 0) is 111 Å². The Morgan fingerprint density at radius 1 is 0.735 bits per heavy atom. The van der Waals surface area contributed by atoms with E-state index in [1.54, 1.807) is 21.9 Å². The summed E-state index contributed by atoms with van der Waals surface area (Å²) in [6, 6.07) is 5.51. The molecule has 2 aromatic carbocycles. The Morgan fingerprint density at radius 2 is 1.18 bits per heavy atom. The van der Waals surface area contributed by atoms with Crippen molar-refractivity contribution < 1.29 is 38.1 Å². The SMILES string of the molecule is [2H]C1(C([2H])([2H])N2CC[C@]34c5c6ccc(O)c5O[C@H]3c3[nH]c5c(c3C[C@@]4(O)[C@H]2C6)C[C@@]2(O)[C@H]3Cc4ccc(O)c6c4[C@@]2(CCN3C([2H])([2H])C2([2H])CC2)[C@H]5O6)CC1. The van der Waals surface area contributed by atoms with Crippen LogP contribution < -0.4 is 9.47 Å². The molecule has 13 rings (SSSR count). The summed E-state index contributed by atoms with van der Waals surface area (Å²) in [7, 11) is 0. The Labute approximate surface area is 293 Å². The van der Waals surface area contributed by atoms with Crippen molar-refractivity contribution >= 4 is 0 Å². The average molecular weight is 668 g/mol. The number of benzene rings is 2. The highest BCUT2D eigenvalue weighted by Gasteiger charge is 2.76. The zero-order valence-electron chi connectivity index (χ0n) is 33.1. The fourth-order valence-electron chi connectivity index (χ4n) is 12.5. The summed E-state index contributed by atoms with van der Waals surface area (Å²) in [5.41, 5.74) is 1.03. The van der Waals surface area contributed by atoms with Crippen LogP contribution in [0, 0.1) is 11.8 Å². The fourth-order valence-corrected chi connectivity index (χ4v) is 12.5. The molecule has 2 spiro atoms. The van der Waals surface area contributed by atoms with Crippen LogP contribution in [0.25, 0.3) is 0 Å². The summed E-state index contributed by atoms with van der Waals surface area (Å²) in [6.45, 7) is -3.40. The summed E-state index contributed by atoms with van der Waals surface area (Å²) in [5.74, 6) is -1.92. The smallest absolute Gasteiger partial charge is 0.166 e. The lowest BCUT2D eigenvalue weighted by Crippen LogP contribution is -2.75. The van der Waals surface area contributed by atoms with Crippen LogP contribution in [0.3, 0.4) is 0 Å². The van der Waals surface area contributed by atoms with Crippen molar-refractivity contribution in [3.63, 3.8) is 0 Å². The monoisotopic (exact) mass is 667 g/mol. The van der Waals surface area contributed by atoms with Gasteiger partial charge in [-0.3, -0.25) is 9.80 Å². The van der Waals surface area contributed by atoms with Crippen LogP contribution in [0.4, 0.5) is 0 Å². The minimum Gasteiger partial charge on any atom is -0.504 e. The molecule has 254 valence electrons. The van der Waals surface area contributed by atoms with Gasteiger partial charge in [0.05, 0.1) is 33.4 Å². The maximum absolute atomic E-state index is 13.6. The van der Waals surface area contributed by atoms with E-state index in [2.05, 4.69) is 4.98 Å². The van der Waals surface area contributed by atoms with Gasteiger partial charge in [-0.25, -0.2) is 0 Å². The van der Waals surface area contributed by atoms with Gasteiger partial charge in [0.25, 0.3) is 0 Å². The van der Waals surface area contributed by atoms with Crippen molar-refractivity contribution in [1.82, 2.24) is 14.8 Å². The molecule has 9 heteroatoms. The van der Waals surface area contributed by atoms with Crippen molar-refractivity contribution in [2.75, 3.05) is 26.1 Å². The molecule has 4 aliphatic heterocycles. The van der Waals surface area contributed by atoms with E-state index < -0.39 is 71.1 Å². The molecule has 5 N–H and O–H groups in total. The molecule has 6 aliphatic carbocycles. The second-order valence-corrected chi connectivity index (χ2v) is 16.7. The van der Waals surface area contributed by atoms with Gasteiger partial charge in [0.2, 0.25) is 0 Å². The summed E-state index contributed by atoms with van der Waals surface area (Å²) < 4.78 is 68.9. The van der Waals surface area contributed by atoms with E-state index in [0.717, 1.165) is 44.8 Å². The standard InChI is InChI=1S/C40H43N3O6/c44-25-7-5-21-13-27-39(46)15-23-24-16-40(47)28-14-22-6-8-26(45)34-30(22)38(40,10-12-43(28)18-20-3-4-20)36(49-34)32(24)41-31(23)35-37(39,29(21)33(25)48-35)9-11-42(27)17-19-1-2-19/h5-8,19-20,27-28,35-36,41,44-47H,1-4,9-18H2/t27-,28-,35+,36+,37+,38+,39-,40-/m1/s1/i17D2,18D2,19D,20D. The number of ether oxygens (including phenoxy) is 2. The second kappa shape index (κ2) is 8.28. The van der Waals surface area contributed by atoms with Gasteiger partial charge in [0, 0.05) is 57.3 Å². The van der Waals surface area contributed by atoms with Gasteiger partial charge in [0.1, 0.15) is 0 Å². The Hall–Kier alpha value is -3.24. The molecule has 0 radical (unpaired) electrons. The van der Waals surface area contributed by atoms with E-state index in [1.165, 1.54) is 0 Å². The number of nitrogens with zero attached hydrogens (tertiary/aromatic N) is 2. The third-order valence-corrected chi connectivity index (χ3v) is 14.7. The van der Waals surface area contributed by atoms with Crippen molar-refractivity contribution in [1.29, 1.82) is 0 Å². The highest BCUT2D eigenvalue weighted by molar-refractivity contribution is 5.68. The maximum atomic E-state index is 13.6. The van der Waals surface area contributed by atoms with Crippen LogP contribution >= 0.6 is 0 Å². The number of rotatable bonds is 4. The van der Waals surface area contributed by atoms with Crippen LogP contribution in [0.15, 0.2) is 24.3 Å². The minimum atomic E-state index is -2.00. The van der Waals surface area contributed by atoms with Gasteiger partial charge in [-0.2, -0.15) is 0 Å². The summed E-state index contributed by atoms with van der Waals surface area (Å²) in [4.78, 5) is 7.21. The van der Waals surface area contributed by atoms with Gasteiger partial charge in [-0.15, -0.1) is 0 Å². The van der Waals surface area contributed by atoms with Crippen molar-refractivity contribution in [3.8, 4) is 23.0 Å². The van der Waals surface area contributed by atoms with Crippen LogP contribution in [-0.2, 0) is 36.5 Å². The number of fused-ring (bicyclic) bond motifs is 5. The van der Waals surface area contributed by atoms with Crippen LogP contribution in [0.1, 0.15) is 104 Å². The lowest BCUT2D eigenvalue weighted by molar-refractivity contribution is -0.176. The summed E-state index contributed by atoms with van der Waals surface area (Å²) >= 11 is 0. The molecule has 8 atom stereocenters. The average Bonchev–Trinajstić information content (AvgIpc) is 3.95. The molecule has 4 bridgehead atoms. The number of aliphatic hydroxyl groups is 2. The number of likely N-dealkylation sites (tertiary alicyclic amines) is 2. The van der Waals surface area contributed by atoms with Crippen molar-refractivity contribution in [2.24, 2.45) is 11.8 Å². The van der Waals surface area contributed by atoms with E-state index >= 15 is 0 Å². The molecule has 5 heterocycles. The number of aromatic hydroxyl groups is 2. The topological polar surface area (TPSA) is 122 Å². The van der Waals surface area contributed by atoms with E-state index in [0.29, 0.717) is 76.0 Å².